The first kappa shape index (κ1) is 10.9. The Kier molecular flexibility index (Phi) is 3.03. The van der Waals surface area contributed by atoms with Crippen molar-refractivity contribution in [2.75, 3.05) is 0 Å². The van der Waals surface area contributed by atoms with Crippen LogP contribution in [0.15, 0.2) is 23.8 Å². The highest BCUT2D eigenvalue weighted by molar-refractivity contribution is 5.73. The summed E-state index contributed by atoms with van der Waals surface area (Å²) in [6, 6.07) is -0.989. The van der Waals surface area contributed by atoms with Crippen LogP contribution in [0.5, 0.6) is 0 Å². The van der Waals surface area contributed by atoms with E-state index in [1.807, 2.05) is 0 Å². The molecule has 14 heavy (non-hydrogen) atoms. The number of hydrogen-bond donors (Lipinski definition) is 3. The summed E-state index contributed by atoms with van der Waals surface area (Å²) in [6.45, 7) is 0. The van der Waals surface area contributed by atoms with Gasteiger partial charge in [0.25, 0.3) is 0 Å². The van der Waals surface area contributed by atoms with E-state index in [1.165, 1.54) is 12.2 Å². The van der Waals surface area contributed by atoms with Crippen LogP contribution in [0.2, 0.25) is 0 Å². The zero-order valence-corrected chi connectivity index (χ0v) is 7.48. The van der Waals surface area contributed by atoms with Crippen LogP contribution >= 0.6 is 0 Å². The van der Waals surface area contributed by atoms with E-state index in [1.54, 1.807) is 0 Å². The van der Waals surface area contributed by atoms with Gasteiger partial charge in [-0.1, -0.05) is 12.2 Å². The largest absolute Gasteiger partial charge is 0.480 e. The van der Waals surface area contributed by atoms with Gasteiger partial charge >= 0.3 is 5.97 Å². The van der Waals surface area contributed by atoms with Gasteiger partial charge in [0.15, 0.2) is 0 Å². The predicted molar refractivity (Wildman–Crippen MR) is 48.1 cm³/mol. The number of aliphatic hydroxyl groups is 1. The molecule has 0 saturated heterocycles. The maximum absolute atomic E-state index is 12.8. The zero-order chi connectivity index (χ0) is 10.8. The summed E-state index contributed by atoms with van der Waals surface area (Å²) in [5.74, 6) is -3.41. The highest BCUT2D eigenvalue weighted by atomic mass is 19.2. The van der Waals surface area contributed by atoms with Crippen LogP contribution in [0.1, 0.15) is 12.8 Å². The Morgan fingerprint density at radius 2 is 2.43 bits per heavy atom. The standard InChI is InChI=1S/C9H12FNO3/c10-9(14)3-1-6(2-4-9)5-7(11)8(12)13/h1-3,7,14H,4-5,11H2,(H,12,13). The van der Waals surface area contributed by atoms with Crippen LogP contribution < -0.4 is 5.73 Å². The smallest absolute Gasteiger partial charge is 0.320 e. The minimum absolute atomic E-state index is 0.141. The van der Waals surface area contributed by atoms with Gasteiger partial charge in [-0.2, -0.15) is 0 Å². The lowest BCUT2D eigenvalue weighted by Crippen LogP contribution is -2.31. The van der Waals surface area contributed by atoms with Gasteiger partial charge in [-0.15, -0.1) is 0 Å². The maximum Gasteiger partial charge on any atom is 0.320 e. The molecule has 0 heterocycles. The number of aliphatic carboxylic acids is 1. The van der Waals surface area contributed by atoms with Crippen LogP contribution in [-0.4, -0.2) is 28.1 Å². The molecule has 0 radical (unpaired) electrons. The van der Waals surface area contributed by atoms with Crippen LogP contribution in [0, 0.1) is 0 Å². The van der Waals surface area contributed by atoms with Gasteiger partial charge in [-0.25, -0.2) is 4.39 Å². The number of carboxylic acid groups (broad SMARTS) is 1. The van der Waals surface area contributed by atoms with E-state index in [4.69, 9.17) is 15.9 Å². The summed E-state index contributed by atoms with van der Waals surface area (Å²) >= 11 is 0. The molecule has 0 bridgehead atoms. The fraction of sp³-hybridized carbons (Fsp3) is 0.444. The molecule has 1 aliphatic rings. The Bertz CT molecular complexity index is 296. The van der Waals surface area contributed by atoms with Gasteiger partial charge in [0.2, 0.25) is 5.85 Å². The quantitative estimate of drug-likeness (QED) is 0.614. The van der Waals surface area contributed by atoms with Gasteiger partial charge in [-0.3, -0.25) is 4.79 Å². The second kappa shape index (κ2) is 3.89. The highest BCUT2D eigenvalue weighted by Crippen LogP contribution is 2.23. The summed E-state index contributed by atoms with van der Waals surface area (Å²) in [7, 11) is 0. The van der Waals surface area contributed by atoms with Crippen molar-refractivity contribution in [3.63, 3.8) is 0 Å². The average Bonchev–Trinajstić information content (AvgIpc) is 2.08. The number of hydrogen-bond acceptors (Lipinski definition) is 3. The summed E-state index contributed by atoms with van der Waals surface area (Å²) in [4.78, 5) is 10.4. The van der Waals surface area contributed by atoms with E-state index in [0.717, 1.165) is 6.08 Å². The van der Waals surface area contributed by atoms with Crippen molar-refractivity contribution in [3.05, 3.63) is 23.8 Å². The third-order valence-electron chi connectivity index (χ3n) is 1.98. The molecule has 0 amide bonds. The Morgan fingerprint density at radius 3 is 2.86 bits per heavy atom. The second-order valence-electron chi connectivity index (χ2n) is 3.28. The summed E-state index contributed by atoms with van der Waals surface area (Å²) in [6.07, 6.45) is 3.78. The molecule has 0 spiro atoms. The molecule has 0 aromatic rings. The maximum atomic E-state index is 12.8. The average molecular weight is 201 g/mol. The first-order chi connectivity index (χ1) is 6.41. The molecule has 0 saturated carbocycles. The molecule has 5 heteroatoms. The van der Waals surface area contributed by atoms with E-state index in [0.29, 0.717) is 5.57 Å². The third-order valence-corrected chi connectivity index (χ3v) is 1.98. The fourth-order valence-corrected chi connectivity index (χ4v) is 1.14. The summed E-state index contributed by atoms with van der Waals surface area (Å²) in [5.41, 5.74) is 5.91. The molecule has 1 aliphatic carbocycles. The molecule has 2 atom stereocenters. The lowest BCUT2D eigenvalue weighted by Gasteiger charge is -2.18. The van der Waals surface area contributed by atoms with Gasteiger partial charge in [-0.05, 0) is 18.1 Å². The molecule has 1 rings (SSSR count). The van der Waals surface area contributed by atoms with E-state index in [9.17, 15) is 9.18 Å². The van der Waals surface area contributed by atoms with Gasteiger partial charge in [0.05, 0.1) is 0 Å². The zero-order valence-electron chi connectivity index (χ0n) is 7.48. The fourth-order valence-electron chi connectivity index (χ4n) is 1.14. The molecule has 4 nitrogen and oxygen atoms in total. The Balaban J connectivity index is 2.54. The van der Waals surface area contributed by atoms with Crippen LogP contribution in [-0.2, 0) is 4.79 Å². The summed E-state index contributed by atoms with van der Waals surface area (Å²) < 4.78 is 12.8. The van der Waals surface area contributed by atoms with Crippen molar-refractivity contribution in [2.45, 2.75) is 24.7 Å². The Morgan fingerprint density at radius 1 is 1.79 bits per heavy atom. The molecular formula is C9H12FNO3. The molecule has 0 aromatic heterocycles. The molecule has 4 N–H and O–H groups in total. The predicted octanol–water partition coefficient (Wildman–Crippen LogP) is 0.333. The number of rotatable bonds is 3. The van der Waals surface area contributed by atoms with Gasteiger partial charge < -0.3 is 15.9 Å². The second-order valence-corrected chi connectivity index (χ2v) is 3.28. The molecule has 0 aliphatic heterocycles. The van der Waals surface area contributed by atoms with Crippen molar-refractivity contribution in [2.24, 2.45) is 5.73 Å². The Labute approximate surface area is 80.5 Å². The molecule has 0 fully saturated rings. The number of alkyl halides is 1. The minimum Gasteiger partial charge on any atom is -0.480 e. The number of halogens is 1. The van der Waals surface area contributed by atoms with E-state index >= 15 is 0 Å². The van der Waals surface area contributed by atoms with Crippen molar-refractivity contribution in [3.8, 4) is 0 Å². The van der Waals surface area contributed by atoms with Gasteiger partial charge in [0, 0.05) is 6.42 Å². The van der Waals surface area contributed by atoms with E-state index in [2.05, 4.69) is 0 Å². The van der Waals surface area contributed by atoms with Crippen LogP contribution in [0.25, 0.3) is 0 Å². The normalized spacial score (nSPS) is 28.4. The SMILES string of the molecule is NC(CC1=CCC(O)(F)C=C1)C(=O)O. The molecule has 0 aromatic carbocycles. The van der Waals surface area contributed by atoms with E-state index < -0.39 is 17.9 Å². The molecular weight excluding hydrogens is 189 g/mol. The lowest BCUT2D eigenvalue weighted by atomic mass is 9.98. The Hall–Kier alpha value is -1.20. The van der Waals surface area contributed by atoms with Crippen molar-refractivity contribution < 1.29 is 19.4 Å². The molecule has 78 valence electrons. The topological polar surface area (TPSA) is 83.5 Å². The number of carbonyl (C=O) groups is 1. The third kappa shape index (κ3) is 2.93. The lowest BCUT2D eigenvalue weighted by molar-refractivity contribution is -0.138. The number of carboxylic acids is 1. The number of nitrogens with two attached hydrogens (primary N) is 1. The summed E-state index contributed by atoms with van der Waals surface area (Å²) in [5, 5.41) is 17.4. The molecule has 2 unspecified atom stereocenters. The monoisotopic (exact) mass is 201 g/mol. The van der Waals surface area contributed by atoms with E-state index in [-0.39, 0.29) is 12.8 Å². The first-order valence-corrected chi connectivity index (χ1v) is 4.19. The van der Waals surface area contributed by atoms with Crippen molar-refractivity contribution >= 4 is 5.97 Å². The van der Waals surface area contributed by atoms with Crippen molar-refractivity contribution in [1.82, 2.24) is 0 Å². The van der Waals surface area contributed by atoms with Gasteiger partial charge in [0.1, 0.15) is 6.04 Å². The van der Waals surface area contributed by atoms with Crippen molar-refractivity contribution in [1.29, 1.82) is 0 Å². The minimum atomic E-state index is -2.31. The first-order valence-electron chi connectivity index (χ1n) is 4.19. The van der Waals surface area contributed by atoms with Crippen LogP contribution in [0.4, 0.5) is 4.39 Å². The van der Waals surface area contributed by atoms with Crippen LogP contribution in [0.3, 0.4) is 0 Å². The number of allylic oxidation sites excluding steroid dienone is 1. The highest BCUT2D eigenvalue weighted by Gasteiger charge is 2.24.